The first-order valence-corrected chi connectivity index (χ1v) is 4.81. The van der Waals surface area contributed by atoms with Crippen LogP contribution in [0.2, 0.25) is 0 Å². The van der Waals surface area contributed by atoms with Crippen LogP contribution in [0, 0.1) is 0 Å². The number of ether oxygens (including phenoxy) is 3. The molecule has 0 aromatic carbocycles. The molecule has 0 saturated carbocycles. The summed E-state index contributed by atoms with van der Waals surface area (Å²) in [5.74, 6) is 0. The zero-order chi connectivity index (χ0) is 9.68. The summed E-state index contributed by atoms with van der Waals surface area (Å²) in [5.41, 5.74) is 0. The maximum absolute atomic E-state index is 8.74. The molecule has 13 heavy (non-hydrogen) atoms. The first kappa shape index (κ1) is 10.9. The molecule has 1 N–H and O–H groups in total. The average Bonchev–Trinajstić information content (AvgIpc) is 2.84. The van der Waals surface area contributed by atoms with E-state index in [2.05, 4.69) is 0 Å². The van der Waals surface area contributed by atoms with Crippen molar-refractivity contribution >= 4 is 0 Å². The van der Waals surface area contributed by atoms with Crippen molar-refractivity contribution in [3.63, 3.8) is 0 Å². The van der Waals surface area contributed by atoms with Crippen molar-refractivity contribution < 1.29 is 19.3 Å². The molecule has 0 aliphatic carbocycles. The van der Waals surface area contributed by atoms with Crippen LogP contribution < -0.4 is 0 Å². The van der Waals surface area contributed by atoms with Gasteiger partial charge in [0.2, 0.25) is 0 Å². The smallest absolute Gasteiger partial charge is 0.160 e. The van der Waals surface area contributed by atoms with Gasteiger partial charge >= 0.3 is 0 Å². The second-order valence-electron chi connectivity index (χ2n) is 2.97. The predicted molar refractivity (Wildman–Crippen MR) is 47.4 cm³/mol. The minimum absolute atomic E-state index is 0.00316. The summed E-state index contributed by atoms with van der Waals surface area (Å²) >= 11 is 0. The molecule has 4 nitrogen and oxygen atoms in total. The third kappa shape index (κ3) is 3.60. The van der Waals surface area contributed by atoms with Crippen molar-refractivity contribution in [2.24, 2.45) is 0 Å². The van der Waals surface area contributed by atoms with Crippen LogP contribution in [0.3, 0.4) is 0 Å². The SMILES string of the molecule is CCOC(CC1OC1CO)OCC. The molecule has 0 bridgehead atoms. The van der Waals surface area contributed by atoms with Crippen molar-refractivity contribution in [2.75, 3.05) is 19.8 Å². The van der Waals surface area contributed by atoms with Gasteiger partial charge < -0.3 is 19.3 Å². The van der Waals surface area contributed by atoms with Gasteiger partial charge in [-0.1, -0.05) is 0 Å². The highest BCUT2D eigenvalue weighted by molar-refractivity contribution is 4.84. The number of hydrogen-bond donors (Lipinski definition) is 1. The van der Waals surface area contributed by atoms with Crippen molar-refractivity contribution in [1.29, 1.82) is 0 Å². The Morgan fingerprint density at radius 3 is 2.23 bits per heavy atom. The number of epoxide rings is 1. The molecule has 0 radical (unpaired) electrons. The molecule has 1 saturated heterocycles. The third-order valence-corrected chi connectivity index (χ3v) is 2.00. The lowest BCUT2D eigenvalue weighted by Gasteiger charge is -2.15. The van der Waals surface area contributed by atoms with Gasteiger partial charge in [-0.3, -0.25) is 0 Å². The Morgan fingerprint density at radius 1 is 1.23 bits per heavy atom. The fourth-order valence-electron chi connectivity index (χ4n) is 1.29. The lowest BCUT2D eigenvalue weighted by Crippen LogP contribution is -2.20. The monoisotopic (exact) mass is 190 g/mol. The topological polar surface area (TPSA) is 51.2 Å². The van der Waals surface area contributed by atoms with Gasteiger partial charge in [0.15, 0.2) is 6.29 Å². The summed E-state index contributed by atoms with van der Waals surface area (Å²) in [7, 11) is 0. The van der Waals surface area contributed by atoms with Crippen LogP contribution in [-0.4, -0.2) is 43.4 Å². The van der Waals surface area contributed by atoms with Crippen LogP contribution in [0.15, 0.2) is 0 Å². The van der Waals surface area contributed by atoms with Gasteiger partial charge in [0.1, 0.15) is 6.10 Å². The highest BCUT2D eigenvalue weighted by Gasteiger charge is 2.40. The van der Waals surface area contributed by atoms with Crippen LogP contribution in [0.25, 0.3) is 0 Å². The normalized spacial score (nSPS) is 26.8. The Morgan fingerprint density at radius 2 is 1.85 bits per heavy atom. The Kier molecular flexibility index (Phi) is 4.66. The van der Waals surface area contributed by atoms with E-state index in [0.717, 1.165) is 0 Å². The number of aliphatic hydroxyl groups excluding tert-OH is 1. The quantitative estimate of drug-likeness (QED) is 0.470. The van der Waals surface area contributed by atoms with Gasteiger partial charge in [-0.05, 0) is 13.8 Å². The van der Waals surface area contributed by atoms with Gasteiger partial charge in [-0.25, -0.2) is 0 Å². The van der Waals surface area contributed by atoms with Crippen LogP contribution in [0.4, 0.5) is 0 Å². The van der Waals surface area contributed by atoms with Gasteiger partial charge in [0.05, 0.1) is 12.7 Å². The van der Waals surface area contributed by atoms with E-state index in [9.17, 15) is 0 Å². The van der Waals surface area contributed by atoms with Crippen LogP contribution >= 0.6 is 0 Å². The largest absolute Gasteiger partial charge is 0.394 e. The van der Waals surface area contributed by atoms with E-state index >= 15 is 0 Å². The molecule has 0 spiro atoms. The van der Waals surface area contributed by atoms with E-state index in [1.807, 2.05) is 13.8 Å². The molecule has 1 rings (SSSR count). The first-order chi connectivity index (χ1) is 6.31. The predicted octanol–water partition coefficient (Wildman–Crippen LogP) is 0.535. The maximum atomic E-state index is 8.74. The minimum Gasteiger partial charge on any atom is -0.394 e. The Labute approximate surface area is 78.8 Å². The molecule has 78 valence electrons. The molecule has 4 heteroatoms. The van der Waals surface area contributed by atoms with Crippen LogP contribution in [0.1, 0.15) is 20.3 Å². The Bertz CT molecular complexity index is 134. The zero-order valence-electron chi connectivity index (χ0n) is 8.23. The fraction of sp³-hybridized carbons (Fsp3) is 1.00. The lowest BCUT2D eigenvalue weighted by molar-refractivity contribution is -0.141. The van der Waals surface area contributed by atoms with E-state index in [-0.39, 0.29) is 25.1 Å². The zero-order valence-corrected chi connectivity index (χ0v) is 8.23. The van der Waals surface area contributed by atoms with E-state index in [4.69, 9.17) is 19.3 Å². The molecule has 2 unspecified atom stereocenters. The fourth-order valence-corrected chi connectivity index (χ4v) is 1.29. The summed E-state index contributed by atoms with van der Waals surface area (Å²) in [6, 6.07) is 0. The van der Waals surface area contributed by atoms with Crippen molar-refractivity contribution in [1.82, 2.24) is 0 Å². The molecule has 0 aromatic rings. The molecule has 2 atom stereocenters. The molecule has 1 aliphatic rings. The molecule has 1 aliphatic heterocycles. The van der Waals surface area contributed by atoms with Crippen LogP contribution in [0.5, 0.6) is 0 Å². The van der Waals surface area contributed by atoms with Crippen molar-refractivity contribution in [3.8, 4) is 0 Å². The van der Waals surface area contributed by atoms with Crippen molar-refractivity contribution in [2.45, 2.75) is 38.8 Å². The van der Waals surface area contributed by atoms with Crippen molar-refractivity contribution in [3.05, 3.63) is 0 Å². The second-order valence-corrected chi connectivity index (χ2v) is 2.97. The number of hydrogen-bond acceptors (Lipinski definition) is 4. The summed E-state index contributed by atoms with van der Waals surface area (Å²) in [5, 5.41) is 8.74. The van der Waals surface area contributed by atoms with E-state index < -0.39 is 0 Å². The molecular weight excluding hydrogens is 172 g/mol. The van der Waals surface area contributed by atoms with Gasteiger partial charge in [-0.15, -0.1) is 0 Å². The summed E-state index contributed by atoms with van der Waals surface area (Å²) in [6.45, 7) is 5.24. The molecule has 1 fully saturated rings. The standard InChI is InChI=1S/C9H18O4/c1-3-11-9(12-4-2)5-7-8(6-10)13-7/h7-10H,3-6H2,1-2H3. The Balaban J connectivity index is 2.15. The minimum atomic E-state index is -0.184. The second kappa shape index (κ2) is 5.54. The third-order valence-electron chi connectivity index (χ3n) is 2.00. The molecular formula is C9H18O4. The van der Waals surface area contributed by atoms with E-state index in [0.29, 0.717) is 19.6 Å². The summed E-state index contributed by atoms with van der Waals surface area (Å²) < 4.78 is 15.9. The highest BCUT2D eigenvalue weighted by Crippen LogP contribution is 2.27. The number of rotatable bonds is 7. The van der Waals surface area contributed by atoms with E-state index in [1.54, 1.807) is 0 Å². The molecule has 0 aromatic heterocycles. The van der Waals surface area contributed by atoms with Gasteiger partial charge in [0.25, 0.3) is 0 Å². The summed E-state index contributed by atoms with van der Waals surface area (Å²) in [6.07, 6.45) is 0.653. The maximum Gasteiger partial charge on any atom is 0.160 e. The van der Waals surface area contributed by atoms with Crippen LogP contribution in [-0.2, 0) is 14.2 Å². The van der Waals surface area contributed by atoms with Gasteiger partial charge in [0, 0.05) is 19.6 Å². The molecule has 1 heterocycles. The summed E-state index contributed by atoms with van der Waals surface area (Å²) in [4.78, 5) is 0. The lowest BCUT2D eigenvalue weighted by atomic mass is 10.2. The van der Waals surface area contributed by atoms with Gasteiger partial charge in [-0.2, -0.15) is 0 Å². The Hall–Kier alpha value is -0.160. The number of aliphatic hydroxyl groups is 1. The average molecular weight is 190 g/mol. The highest BCUT2D eigenvalue weighted by atomic mass is 16.7. The first-order valence-electron chi connectivity index (χ1n) is 4.81. The van der Waals surface area contributed by atoms with E-state index in [1.165, 1.54) is 0 Å². The molecule has 0 amide bonds.